The third-order valence-electron chi connectivity index (χ3n) is 5.29. The van der Waals surface area contributed by atoms with Crippen LogP contribution in [0, 0.1) is 0 Å². The maximum atomic E-state index is 11.8. The highest BCUT2D eigenvalue weighted by atomic mass is 16.3. The number of nitrogens with one attached hydrogen (secondary N) is 3. The molecule has 7 heteroatoms. The molecule has 30 heavy (non-hydrogen) atoms. The van der Waals surface area contributed by atoms with Gasteiger partial charge in [-0.3, -0.25) is 14.7 Å². The van der Waals surface area contributed by atoms with Crippen molar-refractivity contribution < 1.29 is 9.21 Å². The molecule has 1 aliphatic heterocycles. The van der Waals surface area contributed by atoms with Crippen molar-refractivity contribution in [3.63, 3.8) is 0 Å². The van der Waals surface area contributed by atoms with Gasteiger partial charge in [-0.25, -0.2) is 0 Å². The third kappa shape index (κ3) is 6.35. The molecule has 7 nitrogen and oxygen atoms in total. The van der Waals surface area contributed by atoms with Crippen molar-refractivity contribution in [3.05, 3.63) is 54.0 Å². The highest BCUT2D eigenvalue weighted by Crippen LogP contribution is 2.24. The standard InChI is InChI=1S/C23H33N5O2/c1-3-8-22(29)27-19-10-6-9-18(15-19)16-25-23(24-2)26-17-20(21-11-7-14-30-21)28-12-4-5-13-28/h6-7,9-11,14-15,20H,3-5,8,12-13,16-17H2,1-2H3,(H,27,29)(H2,24,25,26). The molecule has 0 radical (unpaired) electrons. The number of rotatable bonds is 9. The van der Waals surface area contributed by atoms with Crippen LogP contribution in [0.2, 0.25) is 0 Å². The van der Waals surface area contributed by atoms with Crippen molar-refractivity contribution in [2.75, 3.05) is 32.0 Å². The van der Waals surface area contributed by atoms with Crippen LogP contribution >= 0.6 is 0 Å². The number of carbonyl (C=O) groups excluding carboxylic acids is 1. The Morgan fingerprint density at radius 2 is 2.03 bits per heavy atom. The van der Waals surface area contributed by atoms with E-state index in [1.54, 1.807) is 13.3 Å². The fourth-order valence-corrected chi connectivity index (χ4v) is 3.75. The van der Waals surface area contributed by atoms with Gasteiger partial charge in [0.1, 0.15) is 5.76 Å². The van der Waals surface area contributed by atoms with Crippen LogP contribution in [-0.4, -0.2) is 43.4 Å². The van der Waals surface area contributed by atoms with Gasteiger partial charge in [-0.2, -0.15) is 0 Å². The van der Waals surface area contributed by atoms with Crippen LogP contribution in [-0.2, 0) is 11.3 Å². The Balaban J connectivity index is 1.53. The number of anilines is 1. The fraction of sp³-hybridized carbons (Fsp3) is 0.478. The summed E-state index contributed by atoms with van der Waals surface area (Å²) in [6.07, 6.45) is 5.57. The highest BCUT2D eigenvalue weighted by Gasteiger charge is 2.25. The average molecular weight is 412 g/mol. The first-order valence-corrected chi connectivity index (χ1v) is 10.8. The summed E-state index contributed by atoms with van der Waals surface area (Å²) in [6.45, 7) is 5.52. The van der Waals surface area contributed by atoms with E-state index in [-0.39, 0.29) is 11.9 Å². The van der Waals surface area contributed by atoms with Crippen molar-refractivity contribution in [2.24, 2.45) is 4.99 Å². The number of guanidine groups is 1. The number of hydrogen-bond acceptors (Lipinski definition) is 4. The topological polar surface area (TPSA) is 81.9 Å². The summed E-state index contributed by atoms with van der Waals surface area (Å²) in [5.41, 5.74) is 1.90. The van der Waals surface area contributed by atoms with Gasteiger partial charge in [0.15, 0.2) is 5.96 Å². The van der Waals surface area contributed by atoms with E-state index < -0.39 is 0 Å². The maximum Gasteiger partial charge on any atom is 0.224 e. The van der Waals surface area contributed by atoms with E-state index in [0.717, 1.165) is 49.0 Å². The summed E-state index contributed by atoms with van der Waals surface area (Å²) >= 11 is 0. The predicted molar refractivity (Wildman–Crippen MR) is 120 cm³/mol. The molecule has 162 valence electrons. The summed E-state index contributed by atoms with van der Waals surface area (Å²) in [5, 5.41) is 9.74. The second-order valence-electron chi connectivity index (χ2n) is 7.58. The zero-order chi connectivity index (χ0) is 21.2. The van der Waals surface area contributed by atoms with Crippen LogP contribution in [0.5, 0.6) is 0 Å². The first-order chi connectivity index (χ1) is 14.7. The van der Waals surface area contributed by atoms with Gasteiger partial charge in [-0.15, -0.1) is 0 Å². The second kappa shape index (κ2) is 11.4. The summed E-state index contributed by atoms with van der Waals surface area (Å²) in [5.74, 6) is 1.77. The zero-order valence-electron chi connectivity index (χ0n) is 18.0. The van der Waals surface area contributed by atoms with Crippen molar-refractivity contribution in [3.8, 4) is 0 Å². The quantitative estimate of drug-likeness (QED) is 0.434. The molecule has 2 heterocycles. The number of benzene rings is 1. The smallest absolute Gasteiger partial charge is 0.224 e. The molecule has 1 aromatic carbocycles. The lowest BCUT2D eigenvalue weighted by Crippen LogP contribution is -2.42. The number of hydrogen-bond donors (Lipinski definition) is 3. The Bertz CT molecular complexity index is 813. The molecule has 1 fully saturated rings. The van der Waals surface area contributed by atoms with Gasteiger partial charge >= 0.3 is 0 Å². The molecule has 0 aliphatic carbocycles. The first kappa shape index (κ1) is 21.9. The molecule has 1 saturated heterocycles. The Morgan fingerprint density at radius 3 is 2.73 bits per heavy atom. The average Bonchev–Trinajstić information content (AvgIpc) is 3.46. The van der Waals surface area contributed by atoms with E-state index in [4.69, 9.17) is 4.42 Å². The Morgan fingerprint density at radius 1 is 1.20 bits per heavy atom. The third-order valence-corrected chi connectivity index (χ3v) is 5.29. The largest absolute Gasteiger partial charge is 0.468 e. The molecule has 1 amide bonds. The van der Waals surface area contributed by atoms with Crippen LogP contribution in [0.15, 0.2) is 52.1 Å². The molecule has 1 aliphatic rings. The van der Waals surface area contributed by atoms with Crippen molar-refractivity contribution >= 4 is 17.6 Å². The van der Waals surface area contributed by atoms with E-state index >= 15 is 0 Å². The van der Waals surface area contributed by atoms with Crippen LogP contribution in [0.1, 0.15) is 50.0 Å². The van der Waals surface area contributed by atoms with Gasteiger partial charge in [0, 0.05) is 32.2 Å². The monoisotopic (exact) mass is 411 g/mol. The van der Waals surface area contributed by atoms with Crippen LogP contribution in [0.25, 0.3) is 0 Å². The van der Waals surface area contributed by atoms with E-state index in [2.05, 4.69) is 25.8 Å². The molecule has 2 aromatic rings. The van der Waals surface area contributed by atoms with Crippen LogP contribution in [0.3, 0.4) is 0 Å². The van der Waals surface area contributed by atoms with E-state index in [1.807, 2.05) is 43.3 Å². The van der Waals surface area contributed by atoms with E-state index in [9.17, 15) is 4.79 Å². The fourth-order valence-electron chi connectivity index (χ4n) is 3.75. The molecule has 0 bridgehead atoms. The highest BCUT2D eigenvalue weighted by molar-refractivity contribution is 5.90. The number of carbonyl (C=O) groups is 1. The van der Waals surface area contributed by atoms with Crippen LogP contribution in [0.4, 0.5) is 5.69 Å². The van der Waals surface area contributed by atoms with Gasteiger partial charge in [0.05, 0.1) is 12.3 Å². The number of aliphatic imine (C=N–C) groups is 1. The number of likely N-dealkylation sites (tertiary alicyclic amines) is 1. The summed E-state index contributed by atoms with van der Waals surface area (Å²) in [7, 11) is 1.77. The maximum absolute atomic E-state index is 11.8. The molecule has 3 rings (SSSR count). The van der Waals surface area contributed by atoms with Gasteiger partial charge < -0.3 is 20.4 Å². The van der Waals surface area contributed by atoms with E-state index in [0.29, 0.717) is 13.0 Å². The molecule has 0 spiro atoms. The lowest BCUT2D eigenvalue weighted by atomic mass is 10.2. The Hall–Kier alpha value is -2.80. The minimum absolute atomic E-state index is 0.0472. The predicted octanol–water partition coefficient (Wildman–Crippen LogP) is 3.52. The summed E-state index contributed by atoms with van der Waals surface area (Å²) in [6, 6.07) is 12.1. The lowest BCUT2D eigenvalue weighted by molar-refractivity contribution is -0.116. The molecule has 3 N–H and O–H groups in total. The molecular weight excluding hydrogens is 378 g/mol. The Kier molecular flexibility index (Phi) is 8.32. The molecule has 1 atom stereocenters. The van der Waals surface area contributed by atoms with Gasteiger partial charge in [-0.05, 0) is 62.2 Å². The molecule has 1 aromatic heterocycles. The molecule has 1 unspecified atom stereocenters. The number of amides is 1. The zero-order valence-corrected chi connectivity index (χ0v) is 18.0. The molecular formula is C23H33N5O2. The normalized spacial score (nSPS) is 15.7. The van der Waals surface area contributed by atoms with Gasteiger partial charge in [0.2, 0.25) is 5.91 Å². The minimum atomic E-state index is 0.0472. The SMILES string of the molecule is CCCC(=O)Nc1cccc(CNC(=NC)NCC(c2ccco2)N2CCCC2)c1. The van der Waals surface area contributed by atoms with Crippen LogP contribution < -0.4 is 16.0 Å². The summed E-state index contributed by atoms with van der Waals surface area (Å²) in [4.78, 5) is 18.6. The Labute approximate surface area is 178 Å². The van der Waals surface area contributed by atoms with Gasteiger partial charge in [0.25, 0.3) is 0 Å². The molecule has 0 saturated carbocycles. The number of furan rings is 1. The van der Waals surface area contributed by atoms with Crippen molar-refractivity contribution in [1.29, 1.82) is 0 Å². The second-order valence-corrected chi connectivity index (χ2v) is 7.58. The first-order valence-electron chi connectivity index (χ1n) is 10.8. The lowest BCUT2D eigenvalue weighted by Gasteiger charge is -2.26. The van der Waals surface area contributed by atoms with Crippen molar-refractivity contribution in [1.82, 2.24) is 15.5 Å². The number of nitrogens with zero attached hydrogens (tertiary/aromatic N) is 2. The van der Waals surface area contributed by atoms with E-state index in [1.165, 1.54) is 12.8 Å². The van der Waals surface area contributed by atoms with Gasteiger partial charge in [-0.1, -0.05) is 19.1 Å². The minimum Gasteiger partial charge on any atom is -0.468 e. The summed E-state index contributed by atoms with van der Waals surface area (Å²) < 4.78 is 5.69. The van der Waals surface area contributed by atoms with Crippen molar-refractivity contribution in [2.45, 2.75) is 45.2 Å².